The number of carbonyl (C=O) groups excluding carboxylic acids is 1. The molecule has 1 saturated carbocycles. The van der Waals surface area contributed by atoms with E-state index in [1.54, 1.807) is 6.07 Å². The van der Waals surface area contributed by atoms with E-state index in [2.05, 4.69) is 4.98 Å². The van der Waals surface area contributed by atoms with Gasteiger partial charge >= 0.3 is 5.97 Å². The van der Waals surface area contributed by atoms with Crippen LogP contribution >= 0.6 is 0 Å². The average molecular weight is 345 g/mol. The third-order valence-corrected chi connectivity index (χ3v) is 3.86. The summed E-state index contributed by atoms with van der Waals surface area (Å²) in [6.45, 7) is -0.170. The van der Waals surface area contributed by atoms with Crippen molar-refractivity contribution >= 4 is 11.7 Å². The third kappa shape index (κ3) is 4.00. The highest BCUT2D eigenvalue weighted by atomic mass is 16.6. The number of nitrogens with zero attached hydrogens (tertiary/aromatic N) is 2. The molecule has 0 bridgehead atoms. The van der Waals surface area contributed by atoms with Gasteiger partial charge in [-0.25, -0.2) is 4.79 Å². The van der Waals surface area contributed by atoms with Gasteiger partial charge in [-0.05, 0) is 24.8 Å². The third-order valence-electron chi connectivity index (χ3n) is 3.86. The number of hydrogen-bond donors (Lipinski definition) is 1. The minimum absolute atomic E-state index is 0.0229. The number of rotatable bonds is 6. The molecular formula is C16H15N3O6. The zero-order valence-corrected chi connectivity index (χ0v) is 13.1. The maximum atomic E-state index is 12.1. The summed E-state index contributed by atoms with van der Waals surface area (Å²) in [6.07, 6.45) is 3.04. The SMILES string of the molecule is O=C(OCCn1cc([N+](=O)[O-])ccc1=O)c1cc(C2CC2)[nH]c(=O)c1. The van der Waals surface area contributed by atoms with Gasteiger partial charge in [0, 0.05) is 23.9 Å². The molecule has 0 saturated heterocycles. The predicted molar refractivity (Wildman–Crippen MR) is 86.7 cm³/mol. The first-order chi connectivity index (χ1) is 11.9. The second kappa shape index (κ2) is 6.71. The number of aromatic nitrogens is 2. The van der Waals surface area contributed by atoms with E-state index in [0.717, 1.165) is 41.8 Å². The van der Waals surface area contributed by atoms with Gasteiger partial charge in [0.05, 0.1) is 23.2 Å². The van der Waals surface area contributed by atoms with Gasteiger partial charge in [0.2, 0.25) is 5.56 Å². The lowest BCUT2D eigenvalue weighted by Crippen LogP contribution is -2.22. The number of esters is 1. The van der Waals surface area contributed by atoms with Gasteiger partial charge in [0.15, 0.2) is 0 Å². The lowest BCUT2D eigenvalue weighted by atomic mass is 10.2. The lowest BCUT2D eigenvalue weighted by molar-refractivity contribution is -0.385. The largest absolute Gasteiger partial charge is 0.460 e. The monoisotopic (exact) mass is 345 g/mol. The van der Waals surface area contributed by atoms with Crippen LogP contribution in [0.5, 0.6) is 0 Å². The normalized spacial score (nSPS) is 13.4. The summed E-state index contributed by atoms with van der Waals surface area (Å²) >= 11 is 0. The quantitative estimate of drug-likeness (QED) is 0.476. The molecule has 130 valence electrons. The van der Waals surface area contributed by atoms with Gasteiger partial charge in [-0.15, -0.1) is 0 Å². The van der Waals surface area contributed by atoms with E-state index in [1.807, 2.05) is 0 Å². The second-order valence-corrected chi connectivity index (χ2v) is 5.77. The number of H-pyrrole nitrogens is 1. The molecule has 9 heteroatoms. The smallest absolute Gasteiger partial charge is 0.338 e. The van der Waals surface area contributed by atoms with Crippen molar-refractivity contribution in [2.75, 3.05) is 6.61 Å². The molecule has 1 N–H and O–H groups in total. The highest BCUT2D eigenvalue weighted by Crippen LogP contribution is 2.38. The number of pyridine rings is 2. The summed E-state index contributed by atoms with van der Waals surface area (Å²) < 4.78 is 6.17. The Labute approximate surface area is 141 Å². The fraction of sp³-hybridized carbons (Fsp3) is 0.312. The summed E-state index contributed by atoms with van der Waals surface area (Å²) in [4.78, 5) is 48.2. The number of hydrogen-bond acceptors (Lipinski definition) is 6. The maximum absolute atomic E-state index is 12.1. The van der Waals surface area contributed by atoms with E-state index in [-0.39, 0.29) is 35.9 Å². The molecule has 1 fully saturated rings. The number of ether oxygens (including phenoxy) is 1. The Hall–Kier alpha value is -3.23. The van der Waals surface area contributed by atoms with E-state index in [9.17, 15) is 24.5 Å². The Kier molecular flexibility index (Phi) is 4.46. The van der Waals surface area contributed by atoms with E-state index < -0.39 is 16.5 Å². The van der Waals surface area contributed by atoms with Crippen molar-refractivity contribution < 1.29 is 14.5 Å². The summed E-state index contributed by atoms with van der Waals surface area (Å²) in [5.41, 5.74) is -0.166. The molecule has 0 aliphatic heterocycles. The van der Waals surface area contributed by atoms with Crippen LogP contribution in [0.2, 0.25) is 0 Å². The van der Waals surface area contributed by atoms with E-state index in [1.165, 1.54) is 0 Å². The van der Waals surface area contributed by atoms with Crippen LogP contribution in [0.3, 0.4) is 0 Å². The Balaban J connectivity index is 1.65. The zero-order chi connectivity index (χ0) is 18.0. The number of nitrogens with one attached hydrogen (secondary N) is 1. The Bertz CT molecular complexity index is 941. The fourth-order valence-electron chi connectivity index (χ4n) is 2.42. The van der Waals surface area contributed by atoms with Crippen LogP contribution in [0, 0.1) is 10.1 Å². The van der Waals surface area contributed by atoms with Crippen LogP contribution < -0.4 is 11.1 Å². The van der Waals surface area contributed by atoms with E-state index in [0.29, 0.717) is 5.69 Å². The molecule has 2 aromatic rings. The molecule has 1 aliphatic rings. The van der Waals surface area contributed by atoms with E-state index in [4.69, 9.17) is 4.74 Å². The number of aromatic amines is 1. The highest BCUT2D eigenvalue weighted by molar-refractivity contribution is 5.89. The molecule has 0 radical (unpaired) electrons. The van der Waals surface area contributed by atoms with Crippen LogP contribution in [-0.4, -0.2) is 27.1 Å². The Morgan fingerprint density at radius 1 is 1.32 bits per heavy atom. The Morgan fingerprint density at radius 3 is 2.76 bits per heavy atom. The van der Waals surface area contributed by atoms with Crippen LogP contribution in [0.15, 0.2) is 40.1 Å². The zero-order valence-electron chi connectivity index (χ0n) is 13.1. The van der Waals surface area contributed by atoms with Crippen molar-refractivity contribution in [2.45, 2.75) is 25.3 Å². The van der Waals surface area contributed by atoms with Crippen molar-refractivity contribution in [2.24, 2.45) is 0 Å². The summed E-state index contributed by atoms with van der Waals surface area (Å²) in [6, 6.07) is 4.95. The van der Waals surface area contributed by atoms with Crippen molar-refractivity contribution in [1.29, 1.82) is 0 Å². The fourth-order valence-corrected chi connectivity index (χ4v) is 2.42. The Morgan fingerprint density at radius 2 is 2.08 bits per heavy atom. The van der Waals surface area contributed by atoms with Gasteiger partial charge in [-0.2, -0.15) is 0 Å². The summed E-state index contributed by atoms with van der Waals surface area (Å²) in [5, 5.41) is 10.7. The van der Waals surface area contributed by atoms with Crippen molar-refractivity contribution in [3.05, 3.63) is 72.5 Å². The molecule has 0 unspecified atom stereocenters. The highest BCUT2D eigenvalue weighted by Gasteiger charge is 2.25. The first-order valence-corrected chi connectivity index (χ1v) is 7.70. The molecule has 25 heavy (non-hydrogen) atoms. The first kappa shape index (κ1) is 16.6. The van der Waals surface area contributed by atoms with E-state index >= 15 is 0 Å². The topological polar surface area (TPSA) is 124 Å². The molecule has 0 atom stereocenters. The van der Waals surface area contributed by atoms with Crippen LogP contribution in [0.1, 0.15) is 34.8 Å². The van der Waals surface area contributed by atoms with Crippen molar-refractivity contribution in [1.82, 2.24) is 9.55 Å². The van der Waals surface area contributed by atoms with Crippen molar-refractivity contribution in [3.63, 3.8) is 0 Å². The molecular weight excluding hydrogens is 330 g/mol. The van der Waals surface area contributed by atoms with Crippen LogP contribution in [0.4, 0.5) is 5.69 Å². The minimum atomic E-state index is -0.675. The number of nitro groups is 1. The molecule has 0 aromatic carbocycles. The predicted octanol–water partition coefficient (Wildman–Crippen LogP) is 1.18. The molecule has 2 aromatic heterocycles. The average Bonchev–Trinajstić information content (AvgIpc) is 3.40. The van der Waals surface area contributed by atoms with Gasteiger partial charge < -0.3 is 14.3 Å². The van der Waals surface area contributed by atoms with Crippen LogP contribution in [0.25, 0.3) is 0 Å². The molecule has 0 spiro atoms. The van der Waals surface area contributed by atoms with Crippen molar-refractivity contribution in [3.8, 4) is 0 Å². The standard InChI is InChI=1S/C16H15N3O6/c20-14-8-11(7-13(17-14)10-1-2-10)16(22)25-6-5-18-9-12(19(23)24)3-4-15(18)21/h3-4,7-10H,1-2,5-6H2,(H,17,20). The summed E-state index contributed by atoms with van der Waals surface area (Å²) in [5.74, 6) is -0.393. The van der Waals surface area contributed by atoms with Gasteiger partial charge in [-0.3, -0.25) is 19.7 Å². The number of carbonyl (C=O) groups is 1. The molecule has 0 amide bonds. The second-order valence-electron chi connectivity index (χ2n) is 5.77. The molecule has 9 nitrogen and oxygen atoms in total. The van der Waals surface area contributed by atoms with Crippen LogP contribution in [-0.2, 0) is 11.3 Å². The van der Waals surface area contributed by atoms with Gasteiger partial charge in [-0.1, -0.05) is 0 Å². The first-order valence-electron chi connectivity index (χ1n) is 7.70. The minimum Gasteiger partial charge on any atom is -0.460 e. The van der Waals surface area contributed by atoms with Gasteiger partial charge in [0.25, 0.3) is 11.2 Å². The molecule has 1 aliphatic carbocycles. The lowest BCUT2D eigenvalue weighted by Gasteiger charge is -2.08. The maximum Gasteiger partial charge on any atom is 0.338 e. The summed E-state index contributed by atoms with van der Waals surface area (Å²) in [7, 11) is 0. The molecule has 2 heterocycles. The molecule has 3 rings (SSSR count). The van der Waals surface area contributed by atoms with Gasteiger partial charge in [0.1, 0.15) is 6.61 Å².